The van der Waals surface area contributed by atoms with Crippen LogP contribution in [0.4, 0.5) is 0 Å². The number of hydrogen-bond donors (Lipinski definition) is 1. The number of nitrogens with zero attached hydrogens (tertiary/aromatic N) is 1. The molecule has 0 radical (unpaired) electrons. The molecule has 0 fully saturated rings. The highest BCUT2D eigenvalue weighted by molar-refractivity contribution is 7.99. The maximum absolute atomic E-state index is 11.9. The second-order valence-corrected chi connectivity index (χ2v) is 6.14. The molecule has 0 bridgehead atoms. The van der Waals surface area contributed by atoms with Crippen molar-refractivity contribution in [2.75, 3.05) is 12.4 Å². The molecule has 0 spiro atoms. The van der Waals surface area contributed by atoms with Crippen LogP contribution in [0.25, 0.3) is 0 Å². The van der Waals surface area contributed by atoms with Gasteiger partial charge in [-0.15, -0.1) is 11.8 Å². The summed E-state index contributed by atoms with van der Waals surface area (Å²) in [5.41, 5.74) is 3.38. The maximum Gasteiger partial charge on any atom is 0.230 e. The number of aryl methyl sites for hydroxylation is 1. The van der Waals surface area contributed by atoms with Crippen LogP contribution in [0.1, 0.15) is 23.6 Å². The van der Waals surface area contributed by atoms with Crippen LogP contribution in [0, 0.1) is 6.92 Å². The Hall–Kier alpha value is -2.01. The Balaban J connectivity index is 1.75. The normalized spacial score (nSPS) is 10.3. The molecule has 0 aliphatic rings. The molecular weight excluding hydrogens is 308 g/mol. The zero-order valence-electron chi connectivity index (χ0n) is 13.5. The summed E-state index contributed by atoms with van der Waals surface area (Å²) in [6.45, 7) is 4.99. The van der Waals surface area contributed by atoms with Crippen molar-refractivity contribution in [2.45, 2.75) is 26.1 Å². The van der Waals surface area contributed by atoms with Crippen molar-refractivity contribution in [1.29, 1.82) is 0 Å². The molecule has 2 rings (SSSR count). The smallest absolute Gasteiger partial charge is 0.230 e. The summed E-state index contributed by atoms with van der Waals surface area (Å²) in [6, 6.07) is 12.1. The van der Waals surface area contributed by atoms with E-state index in [0.717, 1.165) is 11.3 Å². The molecular formula is C18H22N2O2S. The van der Waals surface area contributed by atoms with Crippen molar-refractivity contribution in [3.63, 3.8) is 0 Å². The highest BCUT2D eigenvalue weighted by atomic mass is 32.2. The van der Waals surface area contributed by atoms with Crippen molar-refractivity contribution in [1.82, 2.24) is 10.3 Å². The van der Waals surface area contributed by atoms with Crippen LogP contribution < -0.4 is 10.1 Å². The number of aromatic nitrogens is 1. The van der Waals surface area contributed by atoms with E-state index in [1.807, 2.05) is 25.1 Å². The Kier molecular flexibility index (Phi) is 6.94. The first-order valence-corrected chi connectivity index (χ1v) is 8.81. The summed E-state index contributed by atoms with van der Waals surface area (Å²) in [4.78, 5) is 16.1. The first kappa shape index (κ1) is 17.3. The molecule has 4 nitrogen and oxygen atoms in total. The lowest BCUT2D eigenvalue weighted by atomic mass is 10.2. The average molecular weight is 330 g/mol. The third-order valence-electron chi connectivity index (χ3n) is 3.19. The van der Waals surface area contributed by atoms with Gasteiger partial charge in [0.25, 0.3) is 0 Å². The van der Waals surface area contributed by atoms with Crippen molar-refractivity contribution < 1.29 is 9.53 Å². The van der Waals surface area contributed by atoms with Crippen LogP contribution in [-0.4, -0.2) is 23.3 Å². The number of hydrogen-bond acceptors (Lipinski definition) is 4. The van der Waals surface area contributed by atoms with Gasteiger partial charge in [-0.25, -0.2) is 4.98 Å². The predicted molar refractivity (Wildman–Crippen MR) is 94.6 cm³/mol. The van der Waals surface area contributed by atoms with E-state index in [0.29, 0.717) is 24.8 Å². The lowest BCUT2D eigenvalue weighted by Crippen LogP contribution is -2.25. The molecule has 1 heterocycles. The molecule has 0 atom stereocenters. The molecule has 2 aromatic rings. The minimum absolute atomic E-state index is 0.0222. The summed E-state index contributed by atoms with van der Waals surface area (Å²) in [5, 5.41) is 2.92. The maximum atomic E-state index is 11.9. The number of carbonyl (C=O) groups excluding carboxylic acids is 1. The van der Waals surface area contributed by atoms with E-state index < -0.39 is 0 Å². The number of thioether (sulfide) groups is 1. The lowest BCUT2D eigenvalue weighted by molar-refractivity contribution is -0.118. The SMILES string of the molecule is CCOc1ncccc1CNC(=O)CSCc1cccc(C)c1. The largest absolute Gasteiger partial charge is 0.478 e. The Morgan fingerprint density at radius 1 is 1.30 bits per heavy atom. The number of amides is 1. The Morgan fingerprint density at radius 2 is 2.17 bits per heavy atom. The molecule has 122 valence electrons. The van der Waals surface area contributed by atoms with Gasteiger partial charge in [-0.3, -0.25) is 4.79 Å². The van der Waals surface area contributed by atoms with Gasteiger partial charge in [0.05, 0.1) is 12.4 Å². The van der Waals surface area contributed by atoms with Gasteiger partial charge in [-0.1, -0.05) is 35.9 Å². The van der Waals surface area contributed by atoms with Gasteiger partial charge >= 0.3 is 0 Å². The quantitative estimate of drug-likeness (QED) is 0.806. The summed E-state index contributed by atoms with van der Waals surface area (Å²) in [6.07, 6.45) is 1.69. The van der Waals surface area contributed by atoms with Gasteiger partial charge in [0.15, 0.2) is 0 Å². The molecule has 1 N–H and O–H groups in total. The summed E-state index contributed by atoms with van der Waals surface area (Å²) in [7, 11) is 0. The van der Waals surface area contributed by atoms with Gasteiger partial charge in [0.1, 0.15) is 0 Å². The van der Waals surface area contributed by atoms with Crippen molar-refractivity contribution in [3.8, 4) is 5.88 Å². The topological polar surface area (TPSA) is 51.2 Å². The van der Waals surface area contributed by atoms with Crippen molar-refractivity contribution in [2.24, 2.45) is 0 Å². The zero-order chi connectivity index (χ0) is 16.5. The highest BCUT2D eigenvalue weighted by Gasteiger charge is 2.07. The highest BCUT2D eigenvalue weighted by Crippen LogP contribution is 2.15. The summed E-state index contributed by atoms with van der Waals surface area (Å²) in [5.74, 6) is 1.89. The standard InChI is InChI=1S/C18H22N2O2S/c1-3-22-18-16(8-5-9-19-18)11-20-17(21)13-23-12-15-7-4-6-14(2)10-15/h4-10H,3,11-13H2,1-2H3,(H,20,21). The van der Waals surface area contributed by atoms with E-state index in [2.05, 4.69) is 35.4 Å². The third kappa shape index (κ3) is 5.94. The number of benzene rings is 1. The Labute approximate surface area is 141 Å². The van der Waals surface area contributed by atoms with Gasteiger partial charge in [-0.2, -0.15) is 0 Å². The van der Waals surface area contributed by atoms with E-state index >= 15 is 0 Å². The van der Waals surface area contributed by atoms with Gasteiger partial charge in [-0.05, 0) is 25.5 Å². The third-order valence-corrected chi connectivity index (χ3v) is 4.20. The molecule has 23 heavy (non-hydrogen) atoms. The first-order chi connectivity index (χ1) is 11.2. The van der Waals surface area contributed by atoms with Crippen molar-refractivity contribution >= 4 is 17.7 Å². The number of carbonyl (C=O) groups is 1. The fraction of sp³-hybridized carbons (Fsp3) is 0.333. The molecule has 5 heteroatoms. The number of ether oxygens (including phenoxy) is 1. The molecule has 1 aromatic carbocycles. The second kappa shape index (κ2) is 9.20. The minimum Gasteiger partial charge on any atom is -0.478 e. The van der Waals surface area contributed by atoms with Crippen LogP contribution in [-0.2, 0) is 17.1 Å². The summed E-state index contributed by atoms with van der Waals surface area (Å²) >= 11 is 1.61. The van der Waals surface area contributed by atoms with Crippen LogP contribution in [0.2, 0.25) is 0 Å². The Morgan fingerprint density at radius 3 is 2.96 bits per heavy atom. The number of pyridine rings is 1. The monoisotopic (exact) mass is 330 g/mol. The van der Waals surface area contributed by atoms with E-state index in [9.17, 15) is 4.79 Å². The van der Waals surface area contributed by atoms with Crippen LogP contribution in [0.15, 0.2) is 42.6 Å². The lowest BCUT2D eigenvalue weighted by Gasteiger charge is -2.09. The van der Waals surface area contributed by atoms with E-state index in [1.165, 1.54) is 11.1 Å². The van der Waals surface area contributed by atoms with E-state index in [4.69, 9.17) is 4.74 Å². The fourth-order valence-corrected chi connectivity index (χ4v) is 2.94. The molecule has 0 saturated heterocycles. The first-order valence-electron chi connectivity index (χ1n) is 7.65. The Bertz CT molecular complexity index is 646. The zero-order valence-corrected chi connectivity index (χ0v) is 14.4. The number of rotatable bonds is 8. The molecule has 0 aliphatic heterocycles. The molecule has 0 unspecified atom stereocenters. The molecule has 1 amide bonds. The van der Waals surface area contributed by atoms with Crippen LogP contribution in [0.3, 0.4) is 0 Å². The van der Waals surface area contributed by atoms with E-state index in [-0.39, 0.29) is 5.91 Å². The molecule has 0 aliphatic carbocycles. The minimum atomic E-state index is 0.0222. The average Bonchev–Trinajstić information content (AvgIpc) is 2.54. The molecule has 1 aromatic heterocycles. The van der Waals surface area contributed by atoms with Gasteiger partial charge in [0.2, 0.25) is 11.8 Å². The predicted octanol–water partition coefficient (Wildman–Crippen LogP) is 3.34. The van der Waals surface area contributed by atoms with Crippen molar-refractivity contribution in [3.05, 3.63) is 59.3 Å². The van der Waals surface area contributed by atoms with Gasteiger partial charge < -0.3 is 10.1 Å². The molecule has 0 saturated carbocycles. The van der Waals surface area contributed by atoms with Gasteiger partial charge in [0, 0.05) is 24.1 Å². The number of nitrogens with one attached hydrogen (secondary N) is 1. The van der Waals surface area contributed by atoms with Crippen LogP contribution >= 0.6 is 11.8 Å². The fourth-order valence-electron chi connectivity index (χ4n) is 2.13. The van der Waals surface area contributed by atoms with Crippen LogP contribution in [0.5, 0.6) is 5.88 Å². The second-order valence-electron chi connectivity index (χ2n) is 5.16. The van der Waals surface area contributed by atoms with E-state index in [1.54, 1.807) is 18.0 Å². The summed E-state index contributed by atoms with van der Waals surface area (Å²) < 4.78 is 5.45.